The molecule has 2 aromatic heterocycles. The van der Waals surface area contributed by atoms with Crippen LogP contribution in [-0.4, -0.2) is 90.8 Å². The molecular formula is C29H48N5O11PS. The fraction of sp³-hybridized carbons (Fsp3) is 0.759. The van der Waals surface area contributed by atoms with Gasteiger partial charge in [-0.1, -0.05) is 77.4 Å². The molecule has 3 rings (SSSR count). The molecule has 18 heteroatoms. The number of imidazole rings is 1. The molecule has 6 atom stereocenters. The van der Waals surface area contributed by atoms with Crippen molar-refractivity contribution in [2.45, 2.75) is 122 Å². The normalized spacial score (nSPS) is 21.5. The average Bonchev–Trinajstić information content (AvgIpc) is 3.57. The number of phosphoric ester groups is 1. The number of aromatic amines is 1. The molecule has 6 N–H and O–H groups in total. The van der Waals surface area contributed by atoms with Crippen LogP contribution in [0.25, 0.3) is 11.2 Å². The number of carbonyl (C=O) groups is 2. The number of hydrogen-bond donors (Lipinski definition) is 5. The number of carbonyl (C=O) groups excluding carboxylic acids is 2. The molecule has 0 aliphatic carbocycles. The molecular weight excluding hydrogens is 657 g/mol. The molecule has 1 unspecified atom stereocenters. The van der Waals surface area contributed by atoms with Crippen LogP contribution in [0.15, 0.2) is 6.33 Å². The van der Waals surface area contributed by atoms with Gasteiger partial charge in [0.05, 0.1) is 19.5 Å². The van der Waals surface area contributed by atoms with Crippen molar-refractivity contribution in [1.29, 1.82) is 0 Å². The van der Waals surface area contributed by atoms with Gasteiger partial charge in [0.25, 0.3) is 0 Å². The second kappa shape index (κ2) is 19.5. The van der Waals surface area contributed by atoms with Gasteiger partial charge in [0.15, 0.2) is 22.9 Å². The molecule has 0 spiro atoms. The van der Waals surface area contributed by atoms with Gasteiger partial charge in [-0.3, -0.25) is 23.2 Å². The molecule has 0 saturated carbocycles. The highest BCUT2D eigenvalue weighted by Gasteiger charge is 2.45. The molecule has 0 aromatic carbocycles. The van der Waals surface area contributed by atoms with Crippen molar-refractivity contribution in [1.82, 2.24) is 19.5 Å². The van der Waals surface area contributed by atoms with E-state index < -0.39 is 63.6 Å². The number of phosphoric acid groups is 1. The van der Waals surface area contributed by atoms with Crippen molar-refractivity contribution in [2.24, 2.45) is 0 Å². The maximum absolute atomic E-state index is 12.8. The smallest absolute Gasteiger partial charge is 0.462 e. The second-order valence-corrected chi connectivity index (χ2v) is 13.3. The van der Waals surface area contributed by atoms with E-state index in [1.165, 1.54) is 10.9 Å². The number of hydrogen-bond acceptors (Lipinski definition) is 14. The Morgan fingerprint density at radius 2 is 1.66 bits per heavy atom. The van der Waals surface area contributed by atoms with E-state index in [9.17, 15) is 29.3 Å². The van der Waals surface area contributed by atoms with Crippen LogP contribution in [0.1, 0.15) is 97.1 Å². The van der Waals surface area contributed by atoms with Gasteiger partial charge >= 0.3 is 19.8 Å². The van der Waals surface area contributed by atoms with Gasteiger partial charge in [0.2, 0.25) is 0 Å². The molecule has 16 nitrogen and oxygen atoms in total. The monoisotopic (exact) mass is 705 g/mol. The lowest BCUT2D eigenvalue weighted by atomic mass is 10.1. The summed E-state index contributed by atoms with van der Waals surface area (Å²) in [5.41, 5.74) is 6.32. The molecule has 2 aromatic rings. The average molecular weight is 706 g/mol. The number of aliphatic hydroxyl groups excluding tert-OH is 2. The zero-order valence-electron chi connectivity index (χ0n) is 27.0. The van der Waals surface area contributed by atoms with Crippen molar-refractivity contribution in [3.05, 3.63) is 11.0 Å². The Kier molecular flexibility index (Phi) is 16.1. The van der Waals surface area contributed by atoms with E-state index in [1.807, 2.05) is 0 Å². The van der Waals surface area contributed by atoms with Crippen LogP contribution in [0.5, 0.6) is 0 Å². The molecule has 1 saturated heterocycles. The number of H-pyrrole nitrogens is 1. The summed E-state index contributed by atoms with van der Waals surface area (Å²) in [6.07, 6.45) is 4.40. The highest BCUT2D eigenvalue weighted by molar-refractivity contribution is 7.71. The first-order valence-corrected chi connectivity index (χ1v) is 18.1. The first kappa shape index (κ1) is 38.9. The predicted molar refractivity (Wildman–Crippen MR) is 172 cm³/mol. The standard InChI is InChI=1S/C29H48N5O11PS/c1-3-5-7-9-11-13-21(35)41-15-19(44-22(36)14-12-10-8-6-4-2)16-42-46(39,40)43-17-20-24(37)25(38)28(45-20)34-18-31-23-26(34)32-29(30)33-27(23)47/h18-20,24-25,28,37-38H,3-17H2,1-2H3,(H,39,40)(H3,30,32,33,47)/t19-,20-,24-,25-,28-/m1/s1. The third-order valence-corrected chi connectivity index (χ3v) is 8.83. The molecule has 1 aliphatic rings. The van der Waals surface area contributed by atoms with Gasteiger partial charge in [-0.05, 0) is 12.8 Å². The summed E-state index contributed by atoms with van der Waals surface area (Å²) in [5.74, 6) is -1.02. The number of anilines is 1. The fourth-order valence-electron chi connectivity index (χ4n) is 4.99. The number of nitrogens with zero attached hydrogens (tertiary/aromatic N) is 3. The molecule has 0 amide bonds. The van der Waals surface area contributed by atoms with Crippen LogP contribution in [0.4, 0.5) is 5.95 Å². The van der Waals surface area contributed by atoms with Crippen molar-refractivity contribution in [2.75, 3.05) is 25.6 Å². The number of aliphatic hydroxyl groups is 2. The Hall–Kier alpha value is -2.50. The van der Waals surface area contributed by atoms with Crippen molar-refractivity contribution in [3.63, 3.8) is 0 Å². The van der Waals surface area contributed by atoms with Gasteiger partial charge in [0, 0.05) is 12.8 Å². The number of esters is 2. The third-order valence-electron chi connectivity index (χ3n) is 7.60. The minimum Gasteiger partial charge on any atom is -0.462 e. The number of nitrogen functional groups attached to an aromatic ring is 1. The zero-order chi connectivity index (χ0) is 34.4. The Morgan fingerprint density at radius 3 is 2.32 bits per heavy atom. The number of fused-ring (bicyclic) bond motifs is 1. The van der Waals surface area contributed by atoms with Crippen LogP contribution in [-0.2, 0) is 37.4 Å². The SMILES string of the molecule is CCCCCCCC(=O)OC[C@H](COP(=O)(O)OC[C@H]1O[C@@H](n2cnc3c(=S)nc(N)[nH]c32)[C@H](O)[C@@H]1O)OC(=O)CCCCCCC. The summed E-state index contributed by atoms with van der Waals surface area (Å²) >= 11 is 5.16. The summed E-state index contributed by atoms with van der Waals surface area (Å²) < 4.78 is 40.8. The highest BCUT2D eigenvalue weighted by Crippen LogP contribution is 2.44. The van der Waals surface area contributed by atoms with Crippen molar-refractivity contribution < 1.29 is 52.5 Å². The molecule has 3 heterocycles. The van der Waals surface area contributed by atoms with Crippen LogP contribution in [0.3, 0.4) is 0 Å². The molecule has 1 aliphatic heterocycles. The largest absolute Gasteiger partial charge is 0.472 e. The lowest BCUT2D eigenvalue weighted by Gasteiger charge is -2.21. The minimum absolute atomic E-state index is 0.00340. The first-order chi connectivity index (χ1) is 22.5. The summed E-state index contributed by atoms with van der Waals surface area (Å²) in [6.45, 7) is 2.57. The lowest BCUT2D eigenvalue weighted by molar-refractivity contribution is -0.161. The fourth-order valence-corrected chi connectivity index (χ4v) is 6.00. The predicted octanol–water partition coefficient (Wildman–Crippen LogP) is 4.00. The van der Waals surface area contributed by atoms with Gasteiger partial charge in [-0.15, -0.1) is 0 Å². The van der Waals surface area contributed by atoms with Gasteiger partial charge in [0.1, 0.15) is 36.1 Å². The van der Waals surface area contributed by atoms with E-state index in [4.69, 9.17) is 41.2 Å². The summed E-state index contributed by atoms with van der Waals surface area (Å²) in [6, 6.07) is 0. The van der Waals surface area contributed by atoms with E-state index in [2.05, 4.69) is 28.8 Å². The molecule has 1 fully saturated rings. The van der Waals surface area contributed by atoms with E-state index >= 15 is 0 Å². The van der Waals surface area contributed by atoms with E-state index in [0.717, 1.165) is 51.4 Å². The zero-order valence-corrected chi connectivity index (χ0v) is 28.7. The molecule has 266 valence electrons. The lowest BCUT2D eigenvalue weighted by Crippen LogP contribution is -2.34. The van der Waals surface area contributed by atoms with Crippen LogP contribution in [0, 0.1) is 4.64 Å². The van der Waals surface area contributed by atoms with Crippen LogP contribution < -0.4 is 5.73 Å². The Morgan fingerprint density at radius 1 is 1.02 bits per heavy atom. The maximum Gasteiger partial charge on any atom is 0.472 e. The number of nitrogens with two attached hydrogens (primary N) is 1. The molecule has 0 radical (unpaired) electrons. The van der Waals surface area contributed by atoms with Gasteiger partial charge < -0.3 is 40.0 Å². The van der Waals surface area contributed by atoms with E-state index in [1.54, 1.807) is 0 Å². The first-order valence-electron chi connectivity index (χ1n) is 16.2. The van der Waals surface area contributed by atoms with Gasteiger partial charge in [-0.25, -0.2) is 14.5 Å². The summed E-state index contributed by atoms with van der Waals surface area (Å²) in [5, 5.41) is 21.3. The number of nitrogens with one attached hydrogen (secondary N) is 1. The second-order valence-electron chi connectivity index (χ2n) is 11.5. The Labute approximate surface area is 278 Å². The van der Waals surface area contributed by atoms with Crippen LogP contribution in [0.2, 0.25) is 0 Å². The maximum atomic E-state index is 12.8. The van der Waals surface area contributed by atoms with Gasteiger partial charge in [-0.2, -0.15) is 0 Å². The Bertz CT molecular complexity index is 1390. The number of unbranched alkanes of at least 4 members (excludes halogenated alkanes) is 8. The summed E-state index contributed by atoms with van der Waals surface area (Å²) in [4.78, 5) is 45.9. The van der Waals surface area contributed by atoms with E-state index in [0.29, 0.717) is 12.8 Å². The Balaban J connectivity index is 1.54. The number of rotatable bonds is 22. The number of aromatic nitrogens is 4. The molecule has 47 heavy (non-hydrogen) atoms. The van der Waals surface area contributed by atoms with Crippen molar-refractivity contribution in [3.8, 4) is 0 Å². The third kappa shape index (κ3) is 12.5. The number of ether oxygens (including phenoxy) is 3. The summed E-state index contributed by atoms with van der Waals surface area (Å²) in [7, 11) is -4.80. The van der Waals surface area contributed by atoms with Crippen molar-refractivity contribution >= 4 is 49.1 Å². The quantitative estimate of drug-likeness (QED) is 0.0504. The van der Waals surface area contributed by atoms with E-state index in [-0.39, 0.29) is 41.2 Å². The topological polar surface area (TPSA) is 231 Å². The van der Waals surface area contributed by atoms with Crippen LogP contribution >= 0.6 is 20.0 Å². The highest BCUT2D eigenvalue weighted by atomic mass is 32.1. The minimum atomic E-state index is -4.80. The molecule has 0 bridgehead atoms.